The molecule has 0 radical (unpaired) electrons. The van der Waals surface area contributed by atoms with Gasteiger partial charge in [0, 0.05) is 24.9 Å². The summed E-state index contributed by atoms with van der Waals surface area (Å²) in [6.07, 6.45) is 0.543. The van der Waals surface area contributed by atoms with Gasteiger partial charge in [-0.25, -0.2) is 0 Å². The van der Waals surface area contributed by atoms with Crippen LogP contribution in [0.5, 0.6) is 0 Å². The zero-order valence-electron chi connectivity index (χ0n) is 11.2. The Morgan fingerprint density at radius 2 is 1.76 bits per heavy atom. The first kappa shape index (κ1) is 15.9. The van der Waals surface area contributed by atoms with Gasteiger partial charge in [0.05, 0.1) is 6.10 Å². The number of aliphatic hydroxyl groups excluding tert-OH is 1. The zero-order valence-corrected chi connectivity index (χ0v) is 11.2. The summed E-state index contributed by atoms with van der Waals surface area (Å²) in [5.41, 5.74) is -0.243. The van der Waals surface area contributed by atoms with Crippen molar-refractivity contribution in [3.05, 3.63) is 0 Å². The van der Waals surface area contributed by atoms with Crippen LogP contribution in [0.2, 0.25) is 0 Å². The number of carbonyl (C=O) groups is 2. The molecule has 17 heavy (non-hydrogen) atoms. The number of nitrogens with one attached hydrogen (secondary N) is 2. The third-order valence-electron chi connectivity index (χ3n) is 1.98. The molecule has 1 atom stereocenters. The number of aliphatic hydroxyl groups is 1. The summed E-state index contributed by atoms with van der Waals surface area (Å²) in [6, 6.07) is 0. The molecule has 0 aliphatic carbocycles. The molecule has 0 heterocycles. The predicted octanol–water partition coefficient (Wildman–Crippen LogP) is 0.568. The summed E-state index contributed by atoms with van der Waals surface area (Å²) in [5.74, 6) is -0.206. The molecule has 0 aliphatic rings. The van der Waals surface area contributed by atoms with Gasteiger partial charge in [0.15, 0.2) is 0 Å². The van der Waals surface area contributed by atoms with Crippen LogP contribution in [0.1, 0.15) is 47.0 Å². The molecule has 0 aromatic heterocycles. The first-order valence-electron chi connectivity index (χ1n) is 5.96. The quantitative estimate of drug-likeness (QED) is 0.639. The highest BCUT2D eigenvalue weighted by atomic mass is 16.3. The Kier molecular flexibility index (Phi) is 6.80. The molecule has 0 rings (SSSR count). The second-order valence-corrected chi connectivity index (χ2v) is 5.29. The Balaban J connectivity index is 3.63. The Hall–Kier alpha value is -1.10. The number of carbonyl (C=O) groups excluding carboxylic acids is 2. The van der Waals surface area contributed by atoms with Crippen molar-refractivity contribution in [1.82, 2.24) is 10.6 Å². The molecule has 100 valence electrons. The summed E-state index contributed by atoms with van der Waals surface area (Å²) in [7, 11) is 0. The number of hydrogen-bond acceptors (Lipinski definition) is 3. The lowest BCUT2D eigenvalue weighted by molar-refractivity contribution is -0.123. The van der Waals surface area contributed by atoms with Crippen molar-refractivity contribution in [2.75, 3.05) is 6.54 Å². The number of amides is 2. The first-order valence-corrected chi connectivity index (χ1v) is 5.96. The van der Waals surface area contributed by atoms with Crippen LogP contribution in [0.3, 0.4) is 0 Å². The van der Waals surface area contributed by atoms with Crippen molar-refractivity contribution < 1.29 is 14.7 Å². The van der Waals surface area contributed by atoms with Gasteiger partial charge in [0.1, 0.15) is 0 Å². The molecule has 0 fully saturated rings. The number of hydrogen-bond donors (Lipinski definition) is 3. The fraction of sp³-hybridized carbons (Fsp3) is 0.833. The van der Waals surface area contributed by atoms with Crippen LogP contribution >= 0.6 is 0 Å². The van der Waals surface area contributed by atoms with Gasteiger partial charge < -0.3 is 15.7 Å². The van der Waals surface area contributed by atoms with E-state index >= 15 is 0 Å². The largest absolute Gasteiger partial charge is 0.393 e. The third kappa shape index (κ3) is 11.2. The molecule has 2 amide bonds. The molecule has 0 aromatic carbocycles. The lowest BCUT2D eigenvalue weighted by atomic mass is 10.1. The fourth-order valence-corrected chi connectivity index (χ4v) is 1.22. The van der Waals surface area contributed by atoms with Gasteiger partial charge in [-0.05, 0) is 34.1 Å². The molecule has 0 saturated heterocycles. The van der Waals surface area contributed by atoms with Gasteiger partial charge in [-0.2, -0.15) is 0 Å². The average molecular weight is 244 g/mol. The zero-order chi connectivity index (χ0) is 13.5. The average Bonchev–Trinajstić information content (AvgIpc) is 2.11. The van der Waals surface area contributed by atoms with Gasteiger partial charge in [0.2, 0.25) is 11.8 Å². The van der Waals surface area contributed by atoms with Crippen LogP contribution in [-0.2, 0) is 9.59 Å². The van der Waals surface area contributed by atoms with E-state index in [9.17, 15) is 9.59 Å². The smallest absolute Gasteiger partial charge is 0.222 e. The van der Waals surface area contributed by atoms with Crippen LogP contribution in [0, 0.1) is 0 Å². The Labute approximate surface area is 103 Å². The molecule has 0 aliphatic heterocycles. The fourth-order valence-electron chi connectivity index (χ4n) is 1.22. The standard InChI is InChI=1S/C12H24N2O3/c1-9(15)5-6-10(16)13-8-7-11(17)14-12(2,3)4/h9,15H,5-8H2,1-4H3,(H,13,16)(H,14,17). The molecule has 0 saturated carbocycles. The first-order chi connectivity index (χ1) is 7.70. The van der Waals surface area contributed by atoms with Crippen molar-refractivity contribution in [2.45, 2.75) is 58.6 Å². The van der Waals surface area contributed by atoms with Gasteiger partial charge in [-0.1, -0.05) is 0 Å². The highest BCUT2D eigenvalue weighted by molar-refractivity contribution is 5.79. The molecule has 5 heteroatoms. The van der Waals surface area contributed by atoms with Crippen LogP contribution in [-0.4, -0.2) is 35.1 Å². The molecular formula is C12H24N2O3. The van der Waals surface area contributed by atoms with Crippen molar-refractivity contribution in [3.8, 4) is 0 Å². The van der Waals surface area contributed by atoms with Gasteiger partial charge in [-0.15, -0.1) is 0 Å². The van der Waals surface area contributed by atoms with Crippen molar-refractivity contribution in [2.24, 2.45) is 0 Å². The molecule has 1 unspecified atom stereocenters. The molecule has 0 aromatic rings. The molecule has 3 N–H and O–H groups in total. The molecule has 0 bridgehead atoms. The van der Waals surface area contributed by atoms with E-state index in [1.807, 2.05) is 20.8 Å². The maximum atomic E-state index is 11.4. The molecule has 0 spiro atoms. The topological polar surface area (TPSA) is 78.4 Å². The Morgan fingerprint density at radius 1 is 1.18 bits per heavy atom. The van der Waals surface area contributed by atoms with Gasteiger partial charge >= 0.3 is 0 Å². The van der Waals surface area contributed by atoms with Crippen LogP contribution in [0.4, 0.5) is 0 Å². The van der Waals surface area contributed by atoms with E-state index in [1.54, 1.807) is 6.92 Å². The van der Waals surface area contributed by atoms with E-state index in [2.05, 4.69) is 10.6 Å². The maximum Gasteiger partial charge on any atom is 0.222 e. The normalized spacial score (nSPS) is 13.0. The van der Waals surface area contributed by atoms with E-state index < -0.39 is 6.10 Å². The minimum absolute atomic E-state index is 0.0756. The summed E-state index contributed by atoms with van der Waals surface area (Å²) in [6.45, 7) is 7.70. The SMILES string of the molecule is CC(O)CCC(=O)NCCC(=O)NC(C)(C)C. The van der Waals surface area contributed by atoms with Crippen molar-refractivity contribution >= 4 is 11.8 Å². The summed E-state index contributed by atoms with van der Waals surface area (Å²) >= 11 is 0. The molecule has 5 nitrogen and oxygen atoms in total. The van der Waals surface area contributed by atoms with Crippen molar-refractivity contribution in [3.63, 3.8) is 0 Å². The van der Waals surface area contributed by atoms with Crippen molar-refractivity contribution in [1.29, 1.82) is 0 Å². The minimum atomic E-state index is -0.468. The second-order valence-electron chi connectivity index (χ2n) is 5.29. The minimum Gasteiger partial charge on any atom is -0.393 e. The maximum absolute atomic E-state index is 11.4. The van der Waals surface area contributed by atoms with E-state index in [0.717, 1.165) is 0 Å². The Bertz CT molecular complexity index is 257. The lowest BCUT2D eigenvalue weighted by Crippen LogP contribution is -2.42. The van der Waals surface area contributed by atoms with Crippen LogP contribution in [0.25, 0.3) is 0 Å². The lowest BCUT2D eigenvalue weighted by Gasteiger charge is -2.20. The van der Waals surface area contributed by atoms with E-state index in [4.69, 9.17) is 5.11 Å². The van der Waals surface area contributed by atoms with Gasteiger partial charge in [0.25, 0.3) is 0 Å². The van der Waals surface area contributed by atoms with Gasteiger partial charge in [-0.3, -0.25) is 9.59 Å². The van der Waals surface area contributed by atoms with E-state index in [0.29, 0.717) is 19.4 Å². The second kappa shape index (κ2) is 7.27. The molecular weight excluding hydrogens is 220 g/mol. The van der Waals surface area contributed by atoms with E-state index in [-0.39, 0.29) is 23.8 Å². The Morgan fingerprint density at radius 3 is 2.24 bits per heavy atom. The highest BCUT2D eigenvalue weighted by Crippen LogP contribution is 1.99. The van der Waals surface area contributed by atoms with Crippen LogP contribution < -0.4 is 10.6 Å². The predicted molar refractivity (Wildman–Crippen MR) is 66.4 cm³/mol. The summed E-state index contributed by atoms with van der Waals surface area (Å²) < 4.78 is 0. The highest BCUT2D eigenvalue weighted by Gasteiger charge is 2.13. The number of rotatable bonds is 6. The van der Waals surface area contributed by atoms with E-state index in [1.165, 1.54) is 0 Å². The summed E-state index contributed by atoms with van der Waals surface area (Å²) in [4.78, 5) is 22.7. The van der Waals surface area contributed by atoms with Crippen LogP contribution in [0.15, 0.2) is 0 Å². The monoisotopic (exact) mass is 244 g/mol. The third-order valence-corrected chi connectivity index (χ3v) is 1.98. The summed E-state index contributed by atoms with van der Waals surface area (Å²) in [5, 5.41) is 14.5.